The van der Waals surface area contributed by atoms with Crippen molar-refractivity contribution in [1.82, 2.24) is 5.32 Å². The first-order valence-corrected chi connectivity index (χ1v) is 9.22. The number of fused-ring (bicyclic) bond motifs is 2. The van der Waals surface area contributed by atoms with Crippen molar-refractivity contribution in [2.45, 2.75) is 57.2 Å². The third-order valence-electron chi connectivity index (χ3n) is 5.53. The fourth-order valence-electron chi connectivity index (χ4n) is 4.42. The Morgan fingerprint density at radius 3 is 2.64 bits per heavy atom. The number of carbonyl (C=O) groups is 2. The van der Waals surface area contributed by atoms with E-state index in [1.54, 1.807) is 29.2 Å². The zero-order chi connectivity index (χ0) is 17.8. The van der Waals surface area contributed by atoms with Gasteiger partial charge in [0.1, 0.15) is 0 Å². The second-order valence-corrected chi connectivity index (χ2v) is 7.30. The number of rotatable bonds is 5. The number of urea groups is 1. The van der Waals surface area contributed by atoms with Gasteiger partial charge < -0.3 is 15.5 Å². The van der Waals surface area contributed by atoms with Gasteiger partial charge in [0.2, 0.25) is 0 Å². The van der Waals surface area contributed by atoms with Crippen LogP contribution in [0.25, 0.3) is 0 Å². The Kier molecular flexibility index (Phi) is 5.53. The minimum Gasteiger partial charge on any atom is -0.335 e. The lowest BCUT2D eigenvalue weighted by Gasteiger charge is -2.45. The van der Waals surface area contributed by atoms with Gasteiger partial charge in [-0.15, -0.1) is 0 Å². The minimum atomic E-state index is -0.184. The third kappa shape index (κ3) is 4.28. The van der Waals surface area contributed by atoms with Crippen LogP contribution in [0.3, 0.4) is 0 Å². The number of ketones is 1. The topological polar surface area (TPSA) is 62.6 Å². The number of nitrogens with one attached hydrogen (secondary N) is 3. The smallest absolute Gasteiger partial charge is 0.319 e. The Morgan fingerprint density at radius 2 is 2.00 bits per heavy atom. The summed E-state index contributed by atoms with van der Waals surface area (Å²) in [6.07, 6.45) is 7.84. The molecule has 0 saturated carbocycles. The molecule has 2 saturated heterocycles. The van der Waals surface area contributed by atoms with Crippen LogP contribution in [0.15, 0.2) is 36.9 Å². The second kappa shape index (κ2) is 7.83. The minimum absolute atomic E-state index is 0.00514. The molecule has 134 valence electrons. The summed E-state index contributed by atoms with van der Waals surface area (Å²) < 4.78 is 0. The molecule has 0 spiro atoms. The van der Waals surface area contributed by atoms with E-state index < -0.39 is 0 Å². The van der Waals surface area contributed by atoms with Crippen LogP contribution in [0.4, 0.5) is 10.5 Å². The van der Waals surface area contributed by atoms with Crippen molar-refractivity contribution in [1.29, 1.82) is 0 Å². The highest BCUT2D eigenvalue weighted by Crippen LogP contribution is 2.22. The van der Waals surface area contributed by atoms with Gasteiger partial charge in [-0.25, -0.2) is 4.79 Å². The summed E-state index contributed by atoms with van der Waals surface area (Å²) in [5.41, 5.74) is 1.26. The van der Waals surface area contributed by atoms with Gasteiger partial charge in [-0.1, -0.05) is 18.7 Å². The fourth-order valence-corrected chi connectivity index (χ4v) is 4.42. The fraction of sp³-hybridized carbons (Fsp3) is 0.500. The van der Waals surface area contributed by atoms with E-state index in [2.05, 4.69) is 17.2 Å². The van der Waals surface area contributed by atoms with Gasteiger partial charge in [-0.3, -0.25) is 4.79 Å². The highest BCUT2D eigenvalue weighted by atomic mass is 16.2. The van der Waals surface area contributed by atoms with E-state index in [0.717, 1.165) is 19.4 Å². The largest absolute Gasteiger partial charge is 0.335 e. The molecule has 2 aliphatic rings. The molecule has 2 aliphatic heterocycles. The molecule has 3 N–H and O–H groups in total. The summed E-state index contributed by atoms with van der Waals surface area (Å²) in [5.74, 6) is -0.00514. The van der Waals surface area contributed by atoms with Crippen LogP contribution >= 0.6 is 0 Å². The van der Waals surface area contributed by atoms with Gasteiger partial charge in [-0.2, -0.15) is 0 Å². The molecule has 2 bridgehead atoms. The maximum absolute atomic E-state index is 12.4. The van der Waals surface area contributed by atoms with E-state index >= 15 is 0 Å². The number of benzene rings is 1. The standard InChI is InChI=1S/C20H27N3O2/c1-3-10-23-18-8-5-9-19(23)13-17(12-18)22-20(25)21-16-7-4-6-15(11-16)14(2)24/h3-4,6-7,11,17-19H,1,5,8-10,12-13H2,2H3,(H2,21,22,25)/p+1/t18-,19-/m1/s1. The molecule has 3 rings (SSSR count). The molecular weight excluding hydrogens is 314 g/mol. The van der Waals surface area contributed by atoms with Crippen LogP contribution in [0.5, 0.6) is 0 Å². The summed E-state index contributed by atoms with van der Waals surface area (Å²) in [6, 6.07) is 8.34. The quantitative estimate of drug-likeness (QED) is 0.567. The maximum atomic E-state index is 12.4. The van der Waals surface area contributed by atoms with E-state index in [4.69, 9.17) is 0 Å². The lowest BCUT2D eigenvalue weighted by Crippen LogP contribution is -3.21. The van der Waals surface area contributed by atoms with Crippen LogP contribution in [0, 0.1) is 0 Å². The van der Waals surface area contributed by atoms with Crippen molar-refractivity contribution in [2.75, 3.05) is 11.9 Å². The Morgan fingerprint density at radius 1 is 1.28 bits per heavy atom. The van der Waals surface area contributed by atoms with Crippen molar-refractivity contribution in [3.63, 3.8) is 0 Å². The Labute approximate surface area is 149 Å². The van der Waals surface area contributed by atoms with Crippen molar-refractivity contribution in [3.05, 3.63) is 42.5 Å². The van der Waals surface area contributed by atoms with E-state index in [1.807, 2.05) is 6.08 Å². The number of Topliss-reactive ketones (excluding diaryl/α,β-unsaturated/α-hetero) is 1. The first kappa shape index (κ1) is 17.7. The number of carbonyl (C=O) groups excluding carboxylic acids is 2. The van der Waals surface area contributed by atoms with Gasteiger partial charge in [0.05, 0.1) is 18.6 Å². The number of piperidine rings is 2. The van der Waals surface area contributed by atoms with Gasteiger partial charge in [0.15, 0.2) is 5.78 Å². The Bertz CT molecular complexity index is 644. The number of anilines is 1. The molecule has 0 unspecified atom stereocenters. The van der Waals surface area contributed by atoms with Crippen LogP contribution in [-0.2, 0) is 0 Å². The SMILES string of the molecule is C=CC[NH+]1[C@@H]2CCC[C@@H]1CC(NC(=O)Nc1cccc(C(C)=O)c1)C2. The van der Waals surface area contributed by atoms with E-state index in [9.17, 15) is 9.59 Å². The predicted octanol–water partition coefficient (Wildman–Crippen LogP) is 2.17. The highest BCUT2D eigenvalue weighted by Gasteiger charge is 2.41. The van der Waals surface area contributed by atoms with Gasteiger partial charge in [0.25, 0.3) is 0 Å². The van der Waals surface area contributed by atoms with Crippen molar-refractivity contribution in [2.24, 2.45) is 0 Å². The number of hydrogen-bond donors (Lipinski definition) is 3. The summed E-state index contributed by atoms with van der Waals surface area (Å²) in [4.78, 5) is 25.5. The molecule has 1 aromatic carbocycles. The number of hydrogen-bond acceptors (Lipinski definition) is 2. The zero-order valence-electron chi connectivity index (χ0n) is 14.9. The zero-order valence-corrected chi connectivity index (χ0v) is 14.9. The lowest BCUT2D eigenvalue weighted by atomic mass is 9.82. The van der Waals surface area contributed by atoms with Crippen molar-refractivity contribution >= 4 is 17.5 Å². The van der Waals surface area contributed by atoms with E-state index in [-0.39, 0.29) is 17.9 Å². The van der Waals surface area contributed by atoms with E-state index in [0.29, 0.717) is 23.3 Å². The van der Waals surface area contributed by atoms with Crippen LogP contribution in [-0.4, -0.2) is 36.5 Å². The van der Waals surface area contributed by atoms with Crippen LogP contribution < -0.4 is 15.5 Å². The molecule has 0 radical (unpaired) electrons. The molecule has 5 nitrogen and oxygen atoms in total. The molecule has 5 heteroatoms. The average Bonchev–Trinajstić information content (AvgIpc) is 2.56. The molecule has 0 aliphatic carbocycles. The summed E-state index contributed by atoms with van der Waals surface area (Å²) in [6.45, 7) is 6.44. The molecular formula is C20H28N3O2+. The van der Waals surface area contributed by atoms with E-state index in [1.165, 1.54) is 26.2 Å². The summed E-state index contributed by atoms with van der Waals surface area (Å²) >= 11 is 0. The summed E-state index contributed by atoms with van der Waals surface area (Å²) in [7, 11) is 0. The first-order valence-electron chi connectivity index (χ1n) is 9.22. The van der Waals surface area contributed by atoms with Crippen LogP contribution in [0.1, 0.15) is 49.4 Å². The number of amides is 2. The second-order valence-electron chi connectivity index (χ2n) is 7.30. The monoisotopic (exact) mass is 342 g/mol. The molecule has 0 aromatic heterocycles. The Balaban J connectivity index is 1.58. The molecule has 2 atom stereocenters. The van der Waals surface area contributed by atoms with Crippen molar-refractivity contribution in [3.8, 4) is 0 Å². The summed E-state index contributed by atoms with van der Waals surface area (Å²) in [5, 5.41) is 5.99. The molecule has 2 amide bonds. The molecule has 25 heavy (non-hydrogen) atoms. The lowest BCUT2D eigenvalue weighted by molar-refractivity contribution is -0.955. The van der Waals surface area contributed by atoms with Crippen LogP contribution in [0.2, 0.25) is 0 Å². The Hall–Kier alpha value is -2.14. The maximum Gasteiger partial charge on any atom is 0.319 e. The molecule has 1 aromatic rings. The van der Waals surface area contributed by atoms with Gasteiger partial charge in [0, 0.05) is 30.1 Å². The number of quaternary nitrogens is 1. The third-order valence-corrected chi connectivity index (χ3v) is 5.53. The average molecular weight is 342 g/mol. The van der Waals surface area contributed by atoms with Gasteiger partial charge in [-0.05, 0) is 44.4 Å². The highest BCUT2D eigenvalue weighted by molar-refractivity contribution is 5.96. The molecule has 2 heterocycles. The van der Waals surface area contributed by atoms with Gasteiger partial charge >= 0.3 is 6.03 Å². The predicted molar refractivity (Wildman–Crippen MR) is 99.1 cm³/mol. The first-order chi connectivity index (χ1) is 12.1. The molecule has 2 fully saturated rings. The normalized spacial score (nSPS) is 28.0. The van der Waals surface area contributed by atoms with Crippen molar-refractivity contribution < 1.29 is 14.5 Å².